The van der Waals surface area contributed by atoms with Gasteiger partial charge in [0.15, 0.2) is 0 Å². The predicted molar refractivity (Wildman–Crippen MR) is 77.9 cm³/mol. The van der Waals surface area contributed by atoms with Crippen molar-refractivity contribution in [3.63, 3.8) is 0 Å². The minimum Gasteiger partial charge on any atom is -0.497 e. The van der Waals surface area contributed by atoms with E-state index >= 15 is 0 Å². The van der Waals surface area contributed by atoms with Crippen LogP contribution in [-0.2, 0) is 25.7 Å². The first-order valence-electron chi connectivity index (χ1n) is 7.10. The summed E-state index contributed by atoms with van der Waals surface area (Å²) in [6.07, 6.45) is 1.90. The van der Waals surface area contributed by atoms with Crippen molar-refractivity contribution >= 4 is 11.9 Å². The van der Waals surface area contributed by atoms with Crippen LogP contribution in [0.4, 0.5) is 0 Å². The van der Waals surface area contributed by atoms with Crippen LogP contribution in [0, 0.1) is 0 Å². The Morgan fingerprint density at radius 2 is 1.81 bits per heavy atom. The number of methoxy groups -OCH3 is 1. The topological polar surface area (TPSA) is 61.8 Å². The summed E-state index contributed by atoms with van der Waals surface area (Å²) in [7, 11) is 1.58. The van der Waals surface area contributed by atoms with E-state index in [0.29, 0.717) is 12.4 Å². The van der Waals surface area contributed by atoms with Gasteiger partial charge in [-0.05, 0) is 24.1 Å². The molecule has 0 bridgehead atoms. The van der Waals surface area contributed by atoms with Gasteiger partial charge in [0, 0.05) is 0 Å². The fourth-order valence-electron chi connectivity index (χ4n) is 1.60. The van der Waals surface area contributed by atoms with Crippen LogP contribution in [0.3, 0.4) is 0 Å². The summed E-state index contributed by atoms with van der Waals surface area (Å²) in [5, 5.41) is 0. The van der Waals surface area contributed by atoms with Crippen molar-refractivity contribution in [3.05, 3.63) is 29.8 Å². The Bertz CT molecular complexity index is 456. The van der Waals surface area contributed by atoms with Gasteiger partial charge in [0.05, 0.1) is 26.6 Å². The van der Waals surface area contributed by atoms with E-state index in [1.807, 2.05) is 25.1 Å². The van der Waals surface area contributed by atoms with Gasteiger partial charge in [-0.3, -0.25) is 9.59 Å². The average molecular weight is 294 g/mol. The highest BCUT2D eigenvalue weighted by molar-refractivity contribution is 5.77. The highest BCUT2D eigenvalue weighted by Crippen LogP contribution is 2.13. The zero-order chi connectivity index (χ0) is 15.5. The van der Waals surface area contributed by atoms with E-state index in [9.17, 15) is 9.59 Å². The maximum Gasteiger partial charge on any atom is 0.306 e. The number of benzene rings is 1. The van der Waals surface area contributed by atoms with Crippen molar-refractivity contribution in [3.8, 4) is 5.75 Å². The number of esters is 2. The van der Waals surface area contributed by atoms with Crippen LogP contribution in [0.2, 0.25) is 0 Å². The lowest BCUT2D eigenvalue weighted by molar-refractivity contribution is -0.151. The molecule has 0 aliphatic carbocycles. The number of carbonyl (C=O) groups is 2. The van der Waals surface area contributed by atoms with Crippen LogP contribution in [-0.4, -0.2) is 25.7 Å². The molecule has 0 aliphatic rings. The van der Waals surface area contributed by atoms with Crippen molar-refractivity contribution in [2.24, 2.45) is 0 Å². The molecule has 0 fully saturated rings. The van der Waals surface area contributed by atoms with Gasteiger partial charge in [0.2, 0.25) is 0 Å². The maximum absolute atomic E-state index is 11.5. The molecule has 0 spiro atoms. The molecule has 0 saturated carbocycles. The molecular weight excluding hydrogens is 272 g/mol. The lowest BCUT2D eigenvalue weighted by atomic mass is 10.2. The molecular formula is C16H22O5. The molecule has 1 aromatic carbocycles. The first-order chi connectivity index (χ1) is 10.2. The van der Waals surface area contributed by atoms with E-state index < -0.39 is 5.97 Å². The molecule has 1 aromatic rings. The molecule has 0 radical (unpaired) electrons. The van der Waals surface area contributed by atoms with Crippen molar-refractivity contribution in [2.75, 3.05) is 13.7 Å². The summed E-state index contributed by atoms with van der Waals surface area (Å²) in [5.41, 5.74) is 0.841. The van der Waals surface area contributed by atoms with Crippen molar-refractivity contribution in [1.82, 2.24) is 0 Å². The standard InChI is InChI=1S/C16H22O5/c1-3-4-10-20-15(17)8-9-16(18)21-12-13-6-5-7-14(11-13)19-2/h5-7,11H,3-4,8-10,12H2,1-2H3. The Balaban J connectivity index is 2.23. The van der Waals surface area contributed by atoms with Gasteiger partial charge < -0.3 is 14.2 Å². The Kier molecular flexibility index (Phi) is 7.94. The number of unbranched alkanes of at least 4 members (excludes halogenated alkanes) is 1. The summed E-state index contributed by atoms with van der Waals surface area (Å²) < 4.78 is 15.1. The average Bonchev–Trinajstić information content (AvgIpc) is 2.51. The first kappa shape index (κ1) is 17.0. The summed E-state index contributed by atoms with van der Waals surface area (Å²) in [6, 6.07) is 7.28. The largest absolute Gasteiger partial charge is 0.497 e. The monoisotopic (exact) mass is 294 g/mol. The highest BCUT2D eigenvalue weighted by atomic mass is 16.5. The summed E-state index contributed by atoms with van der Waals surface area (Å²) in [6.45, 7) is 2.60. The number of hydrogen-bond donors (Lipinski definition) is 0. The minimum atomic E-state index is -0.412. The zero-order valence-corrected chi connectivity index (χ0v) is 12.6. The van der Waals surface area contributed by atoms with Crippen LogP contribution in [0.5, 0.6) is 5.75 Å². The Morgan fingerprint density at radius 3 is 2.48 bits per heavy atom. The quantitative estimate of drug-likeness (QED) is 0.517. The first-order valence-corrected chi connectivity index (χ1v) is 7.10. The van der Waals surface area contributed by atoms with E-state index in [1.54, 1.807) is 13.2 Å². The van der Waals surface area contributed by atoms with Gasteiger partial charge in [0.1, 0.15) is 12.4 Å². The second kappa shape index (κ2) is 9.80. The van der Waals surface area contributed by atoms with E-state index in [4.69, 9.17) is 14.2 Å². The Hall–Kier alpha value is -2.04. The van der Waals surface area contributed by atoms with Crippen molar-refractivity contribution in [1.29, 1.82) is 0 Å². The smallest absolute Gasteiger partial charge is 0.306 e. The van der Waals surface area contributed by atoms with Crippen LogP contribution in [0.25, 0.3) is 0 Å². The molecule has 1 rings (SSSR count). The second-order valence-corrected chi connectivity index (χ2v) is 4.59. The van der Waals surface area contributed by atoms with Crippen LogP contribution in [0.15, 0.2) is 24.3 Å². The maximum atomic E-state index is 11.5. The van der Waals surface area contributed by atoms with Gasteiger partial charge in [0.25, 0.3) is 0 Å². The van der Waals surface area contributed by atoms with Gasteiger partial charge in [-0.1, -0.05) is 25.5 Å². The Morgan fingerprint density at radius 1 is 1.10 bits per heavy atom. The molecule has 0 unspecified atom stereocenters. The third-order valence-electron chi connectivity index (χ3n) is 2.83. The molecule has 0 aromatic heterocycles. The van der Waals surface area contributed by atoms with E-state index in [-0.39, 0.29) is 25.4 Å². The highest BCUT2D eigenvalue weighted by Gasteiger charge is 2.09. The minimum absolute atomic E-state index is 0.0366. The molecule has 21 heavy (non-hydrogen) atoms. The molecule has 0 atom stereocenters. The number of rotatable bonds is 9. The lowest BCUT2D eigenvalue weighted by Crippen LogP contribution is -2.10. The van der Waals surface area contributed by atoms with E-state index in [2.05, 4.69) is 0 Å². The molecule has 0 amide bonds. The predicted octanol–water partition coefficient (Wildman–Crippen LogP) is 2.86. The molecule has 116 valence electrons. The third-order valence-corrected chi connectivity index (χ3v) is 2.83. The van der Waals surface area contributed by atoms with Crippen molar-refractivity contribution < 1.29 is 23.8 Å². The van der Waals surface area contributed by atoms with Crippen LogP contribution in [0.1, 0.15) is 38.2 Å². The molecule has 0 heterocycles. The Labute approximate surface area is 125 Å². The van der Waals surface area contributed by atoms with E-state index in [0.717, 1.165) is 18.4 Å². The summed E-state index contributed by atoms with van der Waals surface area (Å²) in [4.78, 5) is 22.9. The van der Waals surface area contributed by atoms with E-state index in [1.165, 1.54) is 0 Å². The normalized spacial score (nSPS) is 10.0. The molecule has 0 N–H and O–H groups in total. The van der Waals surface area contributed by atoms with Gasteiger partial charge in [-0.25, -0.2) is 0 Å². The second-order valence-electron chi connectivity index (χ2n) is 4.59. The summed E-state index contributed by atoms with van der Waals surface area (Å²) in [5.74, 6) is -0.0601. The van der Waals surface area contributed by atoms with Crippen LogP contribution < -0.4 is 4.74 Å². The molecule has 5 nitrogen and oxygen atoms in total. The number of carbonyl (C=O) groups excluding carboxylic acids is 2. The van der Waals surface area contributed by atoms with Gasteiger partial charge in [-0.2, -0.15) is 0 Å². The number of hydrogen-bond acceptors (Lipinski definition) is 5. The van der Waals surface area contributed by atoms with Crippen LogP contribution >= 0.6 is 0 Å². The summed E-state index contributed by atoms with van der Waals surface area (Å²) >= 11 is 0. The zero-order valence-electron chi connectivity index (χ0n) is 12.6. The fraction of sp³-hybridized carbons (Fsp3) is 0.500. The third kappa shape index (κ3) is 7.34. The SMILES string of the molecule is CCCCOC(=O)CCC(=O)OCc1cccc(OC)c1. The fourth-order valence-corrected chi connectivity index (χ4v) is 1.60. The molecule has 5 heteroatoms. The lowest BCUT2D eigenvalue weighted by Gasteiger charge is -2.07. The van der Waals surface area contributed by atoms with Crippen molar-refractivity contribution in [2.45, 2.75) is 39.2 Å². The molecule has 0 aliphatic heterocycles. The molecule has 0 saturated heterocycles. The van der Waals surface area contributed by atoms with Gasteiger partial charge >= 0.3 is 11.9 Å². The van der Waals surface area contributed by atoms with Gasteiger partial charge in [-0.15, -0.1) is 0 Å². The number of ether oxygens (including phenoxy) is 3.